The number of ether oxygens (including phenoxy) is 2. The van der Waals surface area contributed by atoms with Crippen molar-refractivity contribution >= 4 is 0 Å². The lowest BCUT2D eigenvalue weighted by Gasteiger charge is -2.59. The number of rotatable bonds is 6. The summed E-state index contributed by atoms with van der Waals surface area (Å²) in [6.45, 7) is 0.825. The fourth-order valence-electron chi connectivity index (χ4n) is 4.87. The summed E-state index contributed by atoms with van der Waals surface area (Å²) < 4.78 is 36.2. The maximum absolute atomic E-state index is 12.6. The summed E-state index contributed by atoms with van der Waals surface area (Å²) in [6.07, 6.45) is 5.76. The largest absolute Gasteiger partial charge is 0.390 e. The number of alkyl halides is 2. The van der Waals surface area contributed by atoms with Gasteiger partial charge in [0.15, 0.2) is 0 Å². The minimum Gasteiger partial charge on any atom is -0.390 e. The maximum atomic E-state index is 12.6. The topological polar surface area (TPSA) is 38.7 Å². The summed E-state index contributed by atoms with van der Waals surface area (Å²) >= 11 is 0. The van der Waals surface area contributed by atoms with E-state index in [-0.39, 0.29) is 12.2 Å². The molecule has 2 unspecified atom stereocenters. The highest BCUT2D eigenvalue weighted by Crippen LogP contribution is 2.58. The lowest BCUT2D eigenvalue weighted by atomic mass is 9.52. The Labute approximate surface area is 118 Å². The molecule has 3 nitrogen and oxygen atoms in total. The molecule has 0 aromatic carbocycles. The first-order chi connectivity index (χ1) is 9.28. The summed E-state index contributed by atoms with van der Waals surface area (Å²) in [5.41, 5.74) is -0.766. The molecule has 0 saturated heterocycles. The molecule has 4 saturated carbocycles. The highest BCUT2D eigenvalue weighted by atomic mass is 19.3. The van der Waals surface area contributed by atoms with Crippen LogP contribution in [0, 0.1) is 11.8 Å². The minimum absolute atomic E-state index is 0.193. The van der Waals surface area contributed by atoms with Crippen molar-refractivity contribution in [1.29, 1.82) is 0 Å². The van der Waals surface area contributed by atoms with E-state index < -0.39 is 18.1 Å². The first-order valence-electron chi connectivity index (χ1n) is 7.60. The van der Waals surface area contributed by atoms with Gasteiger partial charge in [-0.1, -0.05) is 0 Å². The quantitative estimate of drug-likeness (QED) is 0.765. The van der Waals surface area contributed by atoms with Gasteiger partial charge < -0.3 is 14.6 Å². The molecule has 0 radical (unpaired) electrons. The van der Waals surface area contributed by atoms with Gasteiger partial charge in [-0.2, -0.15) is 0 Å². The van der Waals surface area contributed by atoms with Crippen molar-refractivity contribution in [2.45, 2.75) is 62.6 Å². The fraction of sp³-hybridized carbons (Fsp3) is 1.00. The normalized spacial score (nSPS) is 43.2. The Bertz CT molecular complexity index is 353. The van der Waals surface area contributed by atoms with Crippen LogP contribution in [0.25, 0.3) is 0 Å². The first-order valence-corrected chi connectivity index (χ1v) is 7.60. The molecule has 4 rings (SSSR count). The van der Waals surface area contributed by atoms with Gasteiger partial charge in [-0.25, -0.2) is 8.78 Å². The smallest absolute Gasteiger partial charge is 0.268 e. The lowest BCUT2D eigenvalue weighted by Crippen LogP contribution is -2.60. The summed E-state index contributed by atoms with van der Waals surface area (Å²) in [5, 5.41) is 10.6. The highest BCUT2D eigenvalue weighted by Gasteiger charge is 2.57. The highest BCUT2D eigenvalue weighted by molar-refractivity contribution is 5.09. The van der Waals surface area contributed by atoms with Gasteiger partial charge in [-0.3, -0.25) is 0 Å². The summed E-state index contributed by atoms with van der Waals surface area (Å²) in [7, 11) is 0. The third kappa shape index (κ3) is 3.15. The molecule has 4 aliphatic rings. The zero-order valence-electron chi connectivity index (χ0n) is 12.0. The van der Waals surface area contributed by atoms with Crippen LogP contribution < -0.4 is 0 Å². The Balaban J connectivity index is 1.48. The van der Waals surface area contributed by atoms with E-state index >= 15 is 0 Å². The molecule has 4 fully saturated rings. The second-order valence-electron chi connectivity index (χ2n) is 7.34. The number of hydrogen-bond donors (Lipinski definition) is 1. The second kappa shape index (κ2) is 4.89. The predicted molar refractivity (Wildman–Crippen MR) is 69.8 cm³/mol. The molecule has 4 bridgehead atoms. The molecule has 116 valence electrons. The molecular formula is C15H24F2O3. The zero-order valence-corrected chi connectivity index (χ0v) is 12.0. The van der Waals surface area contributed by atoms with Crippen LogP contribution in [0.1, 0.15) is 45.4 Å². The third-order valence-corrected chi connectivity index (χ3v) is 4.97. The van der Waals surface area contributed by atoms with Gasteiger partial charge in [0.2, 0.25) is 0 Å². The summed E-state index contributed by atoms with van der Waals surface area (Å²) in [4.78, 5) is 0. The van der Waals surface area contributed by atoms with Crippen molar-refractivity contribution in [3.8, 4) is 0 Å². The van der Waals surface area contributed by atoms with Crippen LogP contribution in [0.15, 0.2) is 0 Å². The standard InChI is InChI=1S/C15H24F2O3/c1-13(16,17)10-19-2-3-20-15-7-11-4-12(8-15)6-14(18,5-11)9-15/h11-12,18H,2-10H2,1H3. The van der Waals surface area contributed by atoms with Crippen molar-refractivity contribution in [3.63, 3.8) is 0 Å². The average molecular weight is 290 g/mol. The van der Waals surface area contributed by atoms with Gasteiger partial charge in [0.25, 0.3) is 5.92 Å². The van der Waals surface area contributed by atoms with Crippen LogP contribution in [-0.2, 0) is 9.47 Å². The molecule has 0 aromatic rings. The van der Waals surface area contributed by atoms with E-state index in [1.807, 2.05) is 0 Å². The molecule has 1 N–H and O–H groups in total. The van der Waals surface area contributed by atoms with Crippen LogP contribution in [0.5, 0.6) is 0 Å². The molecule has 4 aliphatic carbocycles. The molecular weight excluding hydrogens is 266 g/mol. The van der Waals surface area contributed by atoms with E-state index in [2.05, 4.69) is 0 Å². The Morgan fingerprint density at radius 3 is 2.35 bits per heavy atom. The van der Waals surface area contributed by atoms with E-state index in [0.29, 0.717) is 24.9 Å². The summed E-state index contributed by atoms with van der Waals surface area (Å²) in [6, 6.07) is 0. The SMILES string of the molecule is CC(F)(F)COCCOC12CC3CC(CC(O)(C3)C1)C2. The van der Waals surface area contributed by atoms with Crippen molar-refractivity contribution in [1.82, 2.24) is 0 Å². The number of aliphatic hydroxyl groups is 1. The fourth-order valence-corrected chi connectivity index (χ4v) is 4.87. The van der Waals surface area contributed by atoms with E-state index in [1.165, 1.54) is 6.42 Å². The van der Waals surface area contributed by atoms with Gasteiger partial charge in [-0.05, 0) is 43.9 Å². The minimum atomic E-state index is -2.78. The van der Waals surface area contributed by atoms with Gasteiger partial charge in [0.05, 0.1) is 24.4 Å². The van der Waals surface area contributed by atoms with Crippen molar-refractivity contribution in [2.75, 3.05) is 19.8 Å². The first kappa shape index (κ1) is 14.7. The van der Waals surface area contributed by atoms with E-state index in [1.54, 1.807) is 0 Å². The average Bonchev–Trinajstić information content (AvgIpc) is 2.22. The molecule has 2 atom stereocenters. The zero-order chi connectivity index (χ0) is 14.4. The van der Waals surface area contributed by atoms with Crippen molar-refractivity contribution in [2.24, 2.45) is 11.8 Å². The molecule has 0 aliphatic heterocycles. The van der Waals surface area contributed by atoms with Gasteiger partial charge >= 0.3 is 0 Å². The third-order valence-electron chi connectivity index (χ3n) is 4.97. The van der Waals surface area contributed by atoms with E-state index in [4.69, 9.17) is 9.47 Å². The number of halogens is 2. The Morgan fingerprint density at radius 1 is 1.15 bits per heavy atom. The van der Waals surface area contributed by atoms with E-state index in [0.717, 1.165) is 32.6 Å². The van der Waals surface area contributed by atoms with Crippen LogP contribution in [0.2, 0.25) is 0 Å². The second-order valence-corrected chi connectivity index (χ2v) is 7.34. The lowest BCUT2D eigenvalue weighted by molar-refractivity contribution is -0.224. The van der Waals surface area contributed by atoms with Crippen LogP contribution >= 0.6 is 0 Å². The van der Waals surface area contributed by atoms with Crippen LogP contribution in [0.4, 0.5) is 8.78 Å². The van der Waals surface area contributed by atoms with Crippen molar-refractivity contribution in [3.05, 3.63) is 0 Å². The molecule has 5 heteroatoms. The van der Waals surface area contributed by atoms with Gasteiger partial charge in [0, 0.05) is 13.3 Å². The van der Waals surface area contributed by atoms with E-state index in [9.17, 15) is 13.9 Å². The van der Waals surface area contributed by atoms with Gasteiger partial charge in [0.1, 0.15) is 6.61 Å². The molecule has 0 spiro atoms. The van der Waals surface area contributed by atoms with Crippen molar-refractivity contribution < 1.29 is 23.4 Å². The van der Waals surface area contributed by atoms with Crippen LogP contribution in [0.3, 0.4) is 0 Å². The van der Waals surface area contributed by atoms with Gasteiger partial charge in [-0.15, -0.1) is 0 Å². The monoisotopic (exact) mass is 290 g/mol. The molecule has 0 amide bonds. The molecule has 0 heterocycles. The Hall–Kier alpha value is -0.260. The molecule has 0 aromatic heterocycles. The Kier molecular flexibility index (Phi) is 3.58. The summed E-state index contributed by atoms with van der Waals surface area (Å²) in [5.74, 6) is -1.64. The molecule has 20 heavy (non-hydrogen) atoms. The Morgan fingerprint density at radius 2 is 1.80 bits per heavy atom. The van der Waals surface area contributed by atoms with Crippen LogP contribution in [-0.4, -0.2) is 42.1 Å². The maximum Gasteiger partial charge on any atom is 0.268 e. The number of hydrogen-bond acceptors (Lipinski definition) is 3. The predicted octanol–water partition coefficient (Wildman–Crippen LogP) is 2.76.